The molecule has 1 saturated carbocycles. The third kappa shape index (κ3) is 2.26. The van der Waals surface area contributed by atoms with E-state index < -0.39 is 17.6 Å². The van der Waals surface area contributed by atoms with Crippen molar-refractivity contribution in [1.29, 1.82) is 0 Å². The molecule has 0 amide bonds. The summed E-state index contributed by atoms with van der Waals surface area (Å²) in [7, 11) is 0. The molecule has 0 aromatic carbocycles. The lowest BCUT2D eigenvalue weighted by Gasteiger charge is -2.16. The summed E-state index contributed by atoms with van der Waals surface area (Å²) in [4.78, 5) is -0.383. The van der Waals surface area contributed by atoms with Gasteiger partial charge in [0.15, 0.2) is 11.4 Å². The lowest BCUT2D eigenvalue weighted by molar-refractivity contribution is -0.145. The van der Waals surface area contributed by atoms with Crippen LogP contribution in [-0.4, -0.2) is 20.0 Å². The zero-order valence-electron chi connectivity index (χ0n) is 9.03. The van der Waals surface area contributed by atoms with Gasteiger partial charge in [0.25, 0.3) is 0 Å². The Kier molecular flexibility index (Phi) is 2.84. The quantitative estimate of drug-likeness (QED) is 0.847. The molecule has 2 rings (SSSR count). The molecule has 1 heterocycles. The highest BCUT2D eigenvalue weighted by Crippen LogP contribution is 2.42. The van der Waals surface area contributed by atoms with Crippen LogP contribution in [0.2, 0.25) is 0 Å². The van der Waals surface area contributed by atoms with E-state index in [1.165, 1.54) is 0 Å². The molecule has 1 unspecified atom stereocenters. The van der Waals surface area contributed by atoms with Gasteiger partial charge in [0.1, 0.15) is 4.99 Å². The Morgan fingerprint density at radius 1 is 1.53 bits per heavy atom. The van der Waals surface area contributed by atoms with Crippen LogP contribution in [0.4, 0.5) is 13.2 Å². The molecular formula is C9H11F3N4S. The van der Waals surface area contributed by atoms with Gasteiger partial charge in [0.2, 0.25) is 0 Å². The van der Waals surface area contributed by atoms with Gasteiger partial charge < -0.3 is 5.73 Å². The molecule has 0 spiro atoms. The summed E-state index contributed by atoms with van der Waals surface area (Å²) in [5.41, 5.74) is 3.85. The van der Waals surface area contributed by atoms with Crippen molar-refractivity contribution in [1.82, 2.24) is 15.0 Å². The largest absolute Gasteiger partial charge is 0.435 e. The molecule has 0 saturated heterocycles. The maximum Gasteiger partial charge on any atom is 0.435 e. The van der Waals surface area contributed by atoms with Crippen molar-refractivity contribution in [3.8, 4) is 0 Å². The molecular weight excluding hydrogens is 253 g/mol. The van der Waals surface area contributed by atoms with Gasteiger partial charge in [-0.05, 0) is 25.7 Å². The number of alkyl halides is 3. The van der Waals surface area contributed by atoms with Crippen LogP contribution in [0.1, 0.15) is 37.2 Å². The number of thiocarbonyl (C=S) groups is 1. The van der Waals surface area contributed by atoms with Gasteiger partial charge in [0, 0.05) is 0 Å². The summed E-state index contributed by atoms with van der Waals surface area (Å²) in [5.74, 6) is 0.233. The molecule has 8 heteroatoms. The molecule has 1 aromatic rings. The maximum absolute atomic E-state index is 12.9. The highest BCUT2D eigenvalue weighted by atomic mass is 32.1. The van der Waals surface area contributed by atoms with E-state index in [9.17, 15) is 13.2 Å². The van der Waals surface area contributed by atoms with Gasteiger partial charge in [-0.15, -0.1) is 5.10 Å². The van der Waals surface area contributed by atoms with Crippen molar-refractivity contribution in [2.45, 2.75) is 32.0 Å². The summed E-state index contributed by atoms with van der Waals surface area (Å²) in [5, 5.41) is 6.98. The number of nitrogens with two attached hydrogens (primary N) is 1. The van der Waals surface area contributed by atoms with Crippen LogP contribution >= 0.6 is 12.2 Å². The number of nitrogens with zero attached hydrogens (tertiary/aromatic N) is 3. The minimum absolute atomic E-state index is 0.233. The van der Waals surface area contributed by atoms with Crippen LogP contribution in [0.15, 0.2) is 0 Å². The van der Waals surface area contributed by atoms with Gasteiger partial charge in [-0.25, -0.2) is 4.68 Å². The molecule has 0 aliphatic heterocycles. The van der Waals surface area contributed by atoms with Crippen LogP contribution in [0.5, 0.6) is 0 Å². The van der Waals surface area contributed by atoms with Gasteiger partial charge in [0.05, 0.1) is 6.04 Å². The fraction of sp³-hybridized carbons (Fsp3) is 0.667. The molecule has 17 heavy (non-hydrogen) atoms. The molecule has 0 radical (unpaired) electrons. The normalized spacial score (nSPS) is 18.1. The minimum atomic E-state index is -4.55. The Labute approximate surface area is 101 Å². The fourth-order valence-corrected chi connectivity index (χ4v) is 1.92. The van der Waals surface area contributed by atoms with E-state index in [0.29, 0.717) is 0 Å². The average molecular weight is 264 g/mol. The second-order valence-corrected chi connectivity index (χ2v) is 4.61. The highest BCUT2D eigenvalue weighted by Gasteiger charge is 2.43. The second-order valence-electron chi connectivity index (χ2n) is 4.17. The maximum atomic E-state index is 12.9. The Hall–Kier alpha value is -1.18. The summed E-state index contributed by atoms with van der Waals surface area (Å²) in [6.45, 7) is 1.70. The molecule has 1 atom stereocenters. The first-order valence-corrected chi connectivity index (χ1v) is 5.55. The molecule has 4 nitrogen and oxygen atoms in total. The summed E-state index contributed by atoms with van der Waals surface area (Å²) in [6, 6.07) is -0.331. The Balaban J connectivity index is 2.48. The van der Waals surface area contributed by atoms with Crippen molar-refractivity contribution in [2.24, 2.45) is 11.7 Å². The van der Waals surface area contributed by atoms with Gasteiger partial charge in [-0.1, -0.05) is 17.4 Å². The van der Waals surface area contributed by atoms with Crippen LogP contribution in [0.25, 0.3) is 0 Å². The molecule has 1 fully saturated rings. The van der Waals surface area contributed by atoms with Crippen molar-refractivity contribution in [2.75, 3.05) is 0 Å². The first kappa shape index (κ1) is 12.3. The lowest BCUT2D eigenvalue weighted by atomic mass is 10.2. The van der Waals surface area contributed by atoms with E-state index in [4.69, 9.17) is 5.73 Å². The Morgan fingerprint density at radius 2 is 2.12 bits per heavy atom. The van der Waals surface area contributed by atoms with E-state index in [0.717, 1.165) is 17.5 Å². The van der Waals surface area contributed by atoms with E-state index in [1.807, 2.05) is 0 Å². The van der Waals surface area contributed by atoms with Crippen molar-refractivity contribution < 1.29 is 13.2 Å². The van der Waals surface area contributed by atoms with E-state index in [1.54, 1.807) is 6.92 Å². The van der Waals surface area contributed by atoms with Crippen molar-refractivity contribution in [3.05, 3.63) is 11.4 Å². The van der Waals surface area contributed by atoms with E-state index >= 15 is 0 Å². The van der Waals surface area contributed by atoms with Gasteiger partial charge in [-0.2, -0.15) is 13.2 Å². The smallest absolute Gasteiger partial charge is 0.388 e. The summed E-state index contributed by atoms with van der Waals surface area (Å²) >= 11 is 4.56. The minimum Gasteiger partial charge on any atom is -0.388 e. The summed E-state index contributed by atoms with van der Waals surface area (Å²) < 4.78 is 39.7. The fourth-order valence-electron chi connectivity index (χ4n) is 1.79. The zero-order chi connectivity index (χ0) is 12.8. The predicted molar refractivity (Wildman–Crippen MR) is 58.3 cm³/mol. The Bertz CT molecular complexity index is 450. The van der Waals surface area contributed by atoms with Crippen LogP contribution < -0.4 is 5.73 Å². The highest BCUT2D eigenvalue weighted by molar-refractivity contribution is 7.80. The van der Waals surface area contributed by atoms with Crippen LogP contribution in [0.3, 0.4) is 0 Å². The first-order valence-electron chi connectivity index (χ1n) is 5.14. The van der Waals surface area contributed by atoms with Gasteiger partial charge in [-0.3, -0.25) is 0 Å². The number of hydrogen-bond donors (Lipinski definition) is 1. The lowest BCUT2D eigenvalue weighted by Crippen LogP contribution is -2.23. The monoisotopic (exact) mass is 264 g/mol. The third-order valence-corrected chi connectivity index (χ3v) is 3.08. The van der Waals surface area contributed by atoms with Crippen LogP contribution in [-0.2, 0) is 6.18 Å². The molecule has 1 aliphatic rings. The zero-order valence-corrected chi connectivity index (χ0v) is 9.85. The SMILES string of the molecule is CC(C1CC1)n1nnc(C(N)=S)c1C(F)(F)F. The molecule has 0 bridgehead atoms. The third-order valence-electron chi connectivity index (χ3n) is 2.89. The van der Waals surface area contributed by atoms with Crippen molar-refractivity contribution in [3.63, 3.8) is 0 Å². The molecule has 94 valence electrons. The van der Waals surface area contributed by atoms with Crippen LogP contribution in [0, 0.1) is 5.92 Å². The predicted octanol–water partition coefficient (Wildman–Crippen LogP) is 1.90. The second kappa shape index (κ2) is 3.94. The number of aromatic nitrogens is 3. The van der Waals surface area contributed by atoms with Gasteiger partial charge >= 0.3 is 6.18 Å². The molecule has 2 N–H and O–H groups in total. The molecule has 1 aromatic heterocycles. The topological polar surface area (TPSA) is 56.7 Å². The molecule has 1 aliphatic carbocycles. The number of halogens is 3. The van der Waals surface area contributed by atoms with E-state index in [-0.39, 0.29) is 16.9 Å². The standard InChI is InChI=1S/C9H11F3N4S/c1-4(5-2-3-5)16-7(9(10,11)12)6(8(13)17)14-15-16/h4-5H,2-3H2,1H3,(H2,13,17). The summed E-state index contributed by atoms with van der Waals surface area (Å²) in [6.07, 6.45) is -2.72. The Morgan fingerprint density at radius 3 is 2.53 bits per heavy atom. The number of rotatable bonds is 3. The number of hydrogen-bond acceptors (Lipinski definition) is 3. The van der Waals surface area contributed by atoms with Crippen molar-refractivity contribution >= 4 is 17.2 Å². The van der Waals surface area contributed by atoms with E-state index in [2.05, 4.69) is 22.5 Å². The first-order chi connectivity index (χ1) is 7.82. The average Bonchev–Trinajstić information content (AvgIpc) is 2.92.